The molecule has 1 fully saturated rings. The summed E-state index contributed by atoms with van der Waals surface area (Å²) < 4.78 is 11.0. The van der Waals surface area contributed by atoms with Crippen molar-refractivity contribution >= 4 is 17.2 Å². The zero-order valence-electron chi connectivity index (χ0n) is 16.1. The minimum absolute atomic E-state index is 0.125. The van der Waals surface area contributed by atoms with Gasteiger partial charge in [-0.15, -0.1) is 0 Å². The summed E-state index contributed by atoms with van der Waals surface area (Å²) in [5, 5.41) is 8.17. The van der Waals surface area contributed by atoms with Crippen molar-refractivity contribution in [2.24, 2.45) is 5.73 Å². The van der Waals surface area contributed by atoms with Gasteiger partial charge in [0.25, 0.3) is 0 Å². The molecule has 28 heavy (non-hydrogen) atoms. The molecule has 2 aromatic rings. The number of carbonyl (C=O) groups excluding carboxylic acids is 1. The fourth-order valence-electron chi connectivity index (χ4n) is 4.08. The molecule has 4 rings (SSSR count). The van der Waals surface area contributed by atoms with Crippen molar-refractivity contribution in [3.8, 4) is 11.5 Å². The number of fused-ring (bicyclic) bond motifs is 1. The van der Waals surface area contributed by atoms with Crippen LogP contribution in [0.4, 0.5) is 0 Å². The Morgan fingerprint density at radius 1 is 1.25 bits per heavy atom. The van der Waals surface area contributed by atoms with Crippen LogP contribution in [0.2, 0.25) is 0 Å². The molecule has 0 spiro atoms. The molecular weight excluding hydrogens is 374 g/mol. The minimum atomic E-state index is -0.229. The second kappa shape index (κ2) is 8.51. The first-order valence-corrected chi connectivity index (χ1v) is 10.7. The fraction of sp³-hybridized carbons (Fsp3) is 0.476. The van der Waals surface area contributed by atoms with E-state index < -0.39 is 0 Å². The number of rotatable bonds is 7. The molecule has 6 nitrogen and oxygen atoms in total. The molecule has 1 aromatic carbocycles. The summed E-state index contributed by atoms with van der Waals surface area (Å²) in [5.74, 6) is 1.40. The SMILES string of the molecule is C[C@H](CC(N)=O)N1CCC(NC(c2ccsc2)c2ccc3c(c2)OCO3)CC1. The van der Waals surface area contributed by atoms with Gasteiger partial charge in [-0.1, -0.05) is 6.07 Å². The predicted octanol–water partition coefficient (Wildman–Crippen LogP) is 2.88. The van der Waals surface area contributed by atoms with Crippen molar-refractivity contribution in [3.63, 3.8) is 0 Å². The van der Waals surface area contributed by atoms with E-state index in [0.29, 0.717) is 12.5 Å². The smallest absolute Gasteiger partial charge is 0.231 e. The Hall–Kier alpha value is -2.09. The molecule has 0 aliphatic carbocycles. The van der Waals surface area contributed by atoms with E-state index in [1.165, 1.54) is 11.1 Å². The van der Waals surface area contributed by atoms with Crippen molar-refractivity contribution in [2.75, 3.05) is 19.9 Å². The molecule has 0 saturated carbocycles. The van der Waals surface area contributed by atoms with Crippen LogP contribution in [0.25, 0.3) is 0 Å². The van der Waals surface area contributed by atoms with Crippen LogP contribution < -0.4 is 20.5 Å². The highest BCUT2D eigenvalue weighted by atomic mass is 32.1. The van der Waals surface area contributed by atoms with E-state index in [9.17, 15) is 4.79 Å². The number of amides is 1. The van der Waals surface area contributed by atoms with Crippen molar-refractivity contribution in [1.29, 1.82) is 0 Å². The topological polar surface area (TPSA) is 76.8 Å². The molecule has 3 heterocycles. The first kappa shape index (κ1) is 19.2. The van der Waals surface area contributed by atoms with E-state index in [2.05, 4.69) is 46.1 Å². The van der Waals surface area contributed by atoms with Crippen molar-refractivity contribution in [1.82, 2.24) is 10.2 Å². The minimum Gasteiger partial charge on any atom is -0.454 e. The number of thiophene rings is 1. The molecule has 2 aliphatic rings. The van der Waals surface area contributed by atoms with E-state index in [0.717, 1.165) is 37.4 Å². The molecular formula is C21H27N3O3S. The number of nitrogens with one attached hydrogen (secondary N) is 1. The number of nitrogens with zero attached hydrogens (tertiary/aromatic N) is 1. The zero-order chi connectivity index (χ0) is 19.5. The highest BCUT2D eigenvalue weighted by Gasteiger charge is 2.27. The third-order valence-corrected chi connectivity index (χ3v) is 6.36. The average molecular weight is 402 g/mol. The van der Waals surface area contributed by atoms with Crippen molar-refractivity contribution in [2.45, 2.75) is 44.3 Å². The summed E-state index contributed by atoms with van der Waals surface area (Å²) in [6, 6.07) is 9.13. The third kappa shape index (κ3) is 4.32. The monoisotopic (exact) mass is 401 g/mol. The number of likely N-dealkylation sites (tertiary alicyclic amines) is 1. The quantitative estimate of drug-likeness (QED) is 0.746. The number of ether oxygens (including phenoxy) is 2. The molecule has 1 amide bonds. The lowest BCUT2D eigenvalue weighted by atomic mass is 9.96. The first-order chi connectivity index (χ1) is 13.6. The van der Waals surface area contributed by atoms with Gasteiger partial charge in [0.05, 0.1) is 6.04 Å². The number of hydrogen-bond acceptors (Lipinski definition) is 6. The van der Waals surface area contributed by atoms with Gasteiger partial charge in [-0.05, 0) is 72.9 Å². The highest BCUT2D eigenvalue weighted by Crippen LogP contribution is 2.36. The van der Waals surface area contributed by atoms with E-state index >= 15 is 0 Å². The Morgan fingerprint density at radius 3 is 2.75 bits per heavy atom. The van der Waals surface area contributed by atoms with Gasteiger partial charge in [0.2, 0.25) is 12.7 Å². The van der Waals surface area contributed by atoms with Crippen molar-refractivity contribution in [3.05, 3.63) is 46.2 Å². The van der Waals surface area contributed by atoms with E-state index in [1.54, 1.807) is 11.3 Å². The second-order valence-corrected chi connectivity index (χ2v) is 8.38. The maximum atomic E-state index is 11.2. The third-order valence-electron chi connectivity index (χ3n) is 5.66. The fourth-order valence-corrected chi connectivity index (χ4v) is 4.77. The number of carbonyl (C=O) groups is 1. The lowest BCUT2D eigenvalue weighted by Crippen LogP contribution is -2.47. The molecule has 3 N–H and O–H groups in total. The van der Waals surface area contributed by atoms with Gasteiger partial charge < -0.3 is 25.4 Å². The number of primary amides is 1. The lowest BCUT2D eigenvalue weighted by molar-refractivity contribution is -0.119. The number of hydrogen-bond donors (Lipinski definition) is 2. The van der Waals surface area contributed by atoms with Gasteiger partial charge in [-0.25, -0.2) is 0 Å². The van der Waals surface area contributed by atoms with Gasteiger partial charge in [0.15, 0.2) is 11.5 Å². The summed E-state index contributed by atoms with van der Waals surface area (Å²) in [4.78, 5) is 13.6. The van der Waals surface area contributed by atoms with Crippen molar-refractivity contribution < 1.29 is 14.3 Å². The number of nitrogens with two attached hydrogens (primary N) is 1. The maximum Gasteiger partial charge on any atom is 0.231 e. The first-order valence-electron chi connectivity index (χ1n) is 9.80. The van der Waals surface area contributed by atoms with Crippen LogP contribution in [0.5, 0.6) is 11.5 Å². The largest absolute Gasteiger partial charge is 0.454 e. The van der Waals surface area contributed by atoms with E-state index in [4.69, 9.17) is 15.2 Å². The predicted molar refractivity (Wildman–Crippen MR) is 110 cm³/mol. The maximum absolute atomic E-state index is 11.2. The summed E-state index contributed by atoms with van der Waals surface area (Å²) in [6.45, 7) is 4.32. The molecule has 2 aliphatic heterocycles. The molecule has 2 atom stereocenters. The number of benzene rings is 1. The Labute approximate surface area is 169 Å². The average Bonchev–Trinajstić information content (AvgIpc) is 3.37. The second-order valence-electron chi connectivity index (χ2n) is 7.60. The Kier molecular flexibility index (Phi) is 5.85. The Morgan fingerprint density at radius 2 is 2.04 bits per heavy atom. The number of piperidine rings is 1. The van der Waals surface area contributed by atoms with Gasteiger partial charge >= 0.3 is 0 Å². The summed E-state index contributed by atoms with van der Waals surface area (Å²) in [7, 11) is 0. The van der Waals surface area contributed by atoms with Gasteiger partial charge in [-0.3, -0.25) is 4.79 Å². The molecule has 150 valence electrons. The van der Waals surface area contributed by atoms with E-state index in [-0.39, 0.29) is 24.8 Å². The highest BCUT2D eigenvalue weighted by molar-refractivity contribution is 7.08. The molecule has 7 heteroatoms. The normalized spacial score (nSPS) is 19.5. The lowest BCUT2D eigenvalue weighted by Gasteiger charge is -2.37. The summed E-state index contributed by atoms with van der Waals surface area (Å²) >= 11 is 1.71. The zero-order valence-corrected chi connectivity index (χ0v) is 16.9. The summed E-state index contributed by atoms with van der Waals surface area (Å²) in [5.41, 5.74) is 7.81. The Bertz CT molecular complexity index is 803. The molecule has 1 saturated heterocycles. The van der Waals surface area contributed by atoms with Crippen LogP contribution in [-0.4, -0.2) is 42.8 Å². The molecule has 1 aromatic heterocycles. The van der Waals surface area contributed by atoms with Gasteiger partial charge in [-0.2, -0.15) is 11.3 Å². The van der Waals surface area contributed by atoms with Crippen LogP contribution in [0.15, 0.2) is 35.0 Å². The van der Waals surface area contributed by atoms with Crippen LogP contribution in [-0.2, 0) is 4.79 Å². The van der Waals surface area contributed by atoms with Crippen LogP contribution in [0, 0.1) is 0 Å². The summed E-state index contributed by atoms with van der Waals surface area (Å²) in [6.07, 6.45) is 2.52. The molecule has 0 bridgehead atoms. The Balaban J connectivity index is 1.44. The van der Waals surface area contributed by atoms with Crippen LogP contribution in [0.1, 0.15) is 43.4 Å². The van der Waals surface area contributed by atoms with E-state index in [1.807, 2.05) is 6.07 Å². The van der Waals surface area contributed by atoms with Gasteiger partial charge in [0, 0.05) is 18.5 Å². The van der Waals surface area contributed by atoms with Crippen LogP contribution in [0.3, 0.4) is 0 Å². The van der Waals surface area contributed by atoms with Crippen LogP contribution >= 0.6 is 11.3 Å². The standard InChI is InChI=1S/C21H27N3O3S/c1-14(10-20(22)25)24-7-4-17(5-8-24)23-21(16-6-9-28-12-16)15-2-3-18-19(11-15)27-13-26-18/h2-3,6,9,11-12,14,17,21,23H,4-5,7-8,10,13H2,1H3,(H2,22,25)/t14-,21?/m1/s1. The van der Waals surface area contributed by atoms with Gasteiger partial charge in [0.1, 0.15) is 0 Å². The molecule has 0 radical (unpaired) electrons. The molecule has 1 unspecified atom stereocenters.